The lowest BCUT2D eigenvalue weighted by molar-refractivity contribution is -0.138. The van der Waals surface area contributed by atoms with Crippen molar-refractivity contribution in [3.05, 3.63) is 32.7 Å². The quantitative estimate of drug-likeness (QED) is 0.833. The molecule has 1 unspecified atom stereocenters. The van der Waals surface area contributed by atoms with E-state index in [2.05, 4.69) is 31.9 Å². The molecule has 0 fully saturated rings. The fourth-order valence-corrected chi connectivity index (χ4v) is 3.05. The van der Waals surface area contributed by atoms with Gasteiger partial charge in [-0.3, -0.25) is 9.59 Å². The predicted octanol–water partition coefficient (Wildman–Crippen LogP) is 3.54. The third kappa shape index (κ3) is 4.31. The van der Waals surface area contributed by atoms with Gasteiger partial charge in [0.05, 0.1) is 12.0 Å². The van der Waals surface area contributed by atoms with Gasteiger partial charge in [-0.1, -0.05) is 15.9 Å². The molecular weight excluding hydrogens is 378 g/mol. The molecule has 1 rings (SSSR count). The number of carbonyl (C=O) groups is 2. The number of carbonyl (C=O) groups excluding carboxylic acids is 1. The van der Waals surface area contributed by atoms with Crippen LogP contribution in [0.2, 0.25) is 0 Å². The van der Waals surface area contributed by atoms with Crippen molar-refractivity contribution in [2.24, 2.45) is 0 Å². The van der Waals surface area contributed by atoms with Crippen LogP contribution in [0.1, 0.15) is 30.6 Å². The molecule has 1 amide bonds. The maximum atomic E-state index is 12.4. The highest BCUT2D eigenvalue weighted by Crippen LogP contribution is 2.24. The Balaban J connectivity index is 2.98. The number of nitrogens with zero attached hydrogens (tertiary/aromatic N) is 1. The summed E-state index contributed by atoms with van der Waals surface area (Å²) in [4.78, 5) is 24.7. The molecule has 104 valence electrons. The standard InChI is InChI=1S/C13H15Br2NO3/c1-3-16(8(2)6-12(17)18)13(19)10-5-4-9(14)7-11(10)15/h4-5,7-8H,3,6H2,1-2H3,(H,17,18). The maximum absolute atomic E-state index is 12.4. The van der Waals surface area contributed by atoms with E-state index >= 15 is 0 Å². The first kappa shape index (κ1) is 16.2. The number of benzene rings is 1. The molecule has 19 heavy (non-hydrogen) atoms. The van der Waals surface area contributed by atoms with Gasteiger partial charge in [0, 0.05) is 21.5 Å². The molecule has 1 N–H and O–H groups in total. The highest BCUT2D eigenvalue weighted by Gasteiger charge is 2.23. The third-order valence-electron chi connectivity index (χ3n) is 2.77. The minimum Gasteiger partial charge on any atom is -0.481 e. The summed E-state index contributed by atoms with van der Waals surface area (Å²) >= 11 is 6.68. The molecule has 0 aliphatic rings. The lowest BCUT2D eigenvalue weighted by Crippen LogP contribution is -2.39. The molecule has 1 aromatic carbocycles. The van der Waals surface area contributed by atoms with Crippen LogP contribution in [0, 0.1) is 0 Å². The second kappa shape index (κ2) is 7.05. The normalized spacial score (nSPS) is 12.0. The van der Waals surface area contributed by atoms with Crippen LogP contribution in [0.3, 0.4) is 0 Å². The molecule has 0 bridgehead atoms. The van der Waals surface area contributed by atoms with E-state index < -0.39 is 5.97 Å². The molecule has 0 saturated carbocycles. The zero-order valence-corrected chi connectivity index (χ0v) is 13.9. The zero-order chi connectivity index (χ0) is 14.6. The number of halogens is 2. The van der Waals surface area contributed by atoms with Gasteiger partial charge >= 0.3 is 5.97 Å². The molecule has 0 heterocycles. The average Bonchev–Trinajstić information content (AvgIpc) is 2.28. The van der Waals surface area contributed by atoms with Crippen LogP contribution >= 0.6 is 31.9 Å². The van der Waals surface area contributed by atoms with Crippen molar-refractivity contribution in [1.29, 1.82) is 0 Å². The Morgan fingerprint density at radius 3 is 2.47 bits per heavy atom. The van der Waals surface area contributed by atoms with Crippen molar-refractivity contribution in [3.8, 4) is 0 Å². The Hall–Kier alpha value is -0.880. The third-order valence-corrected chi connectivity index (χ3v) is 3.91. The van der Waals surface area contributed by atoms with Crippen LogP contribution in [0.5, 0.6) is 0 Å². The first-order chi connectivity index (χ1) is 8.86. The number of hydrogen-bond acceptors (Lipinski definition) is 2. The van der Waals surface area contributed by atoms with E-state index in [1.807, 2.05) is 6.92 Å². The Bertz CT molecular complexity index is 491. The van der Waals surface area contributed by atoms with Gasteiger partial charge in [-0.25, -0.2) is 0 Å². The summed E-state index contributed by atoms with van der Waals surface area (Å²) in [5.74, 6) is -1.08. The Labute approximate surface area is 129 Å². The molecule has 0 saturated heterocycles. The van der Waals surface area contributed by atoms with Gasteiger partial charge in [0.2, 0.25) is 0 Å². The molecule has 1 aromatic rings. The topological polar surface area (TPSA) is 57.6 Å². The van der Waals surface area contributed by atoms with E-state index in [-0.39, 0.29) is 18.4 Å². The summed E-state index contributed by atoms with van der Waals surface area (Å²) in [6.07, 6.45) is -0.0618. The summed E-state index contributed by atoms with van der Waals surface area (Å²) in [6.45, 7) is 4.04. The summed E-state index contributed by atoms with van der Waals surface area (Å²) in [7, 11) is 0. The second-order valence-corrected chi connectivity index (χ2v) is 5.93. The van der Waals surface area contributed by atoms with Crippen molar-refractivity contribution >= 4 is 43.7 Å². The molecule has 0 aliphatic carbocycles. The van der Waals surface area contributed by atoms with Crippen LogP contribution < -0.4 is 0 Å². The van der Waals surface area contributed by atoms with E-state index in [4.69, 9.17) is 5.11 Å². The smallest absolute Gasteiger partial charge is 0.305 e. The molecule has 4 nitrogen and oxygen atoms in total. The van der Waals surface area contributed by atoms with Gasteiger partial charge in [0.25, 0.3) is 5.91 Å². The van der Waals surface area contributed by atoms with E-state index in [0.29, 0.717) is 16.6 Å². The highest BCUT2D eigenvalue weighted by atomic mass is 79.9. The second-order valence-electron chi connectivity index (χ2n) is 4.16. The number of carboxylic acid groups (broad SMARTS) is 1. The fraction of sp³-hybridized carbons (Fsp3) is 0.385. The lowest BCUT2D eigenvalue weighted by atomic mass is 10.1. The number of rotatable bonds is 5. The van der Waals surface area contributed by atoms with Gasteiger partial charge < -0.3 is 10.0 Å². The summed E-state index contributed by atoms with van der Waals surface area (Å²) in [6, 6.07) is 4.95. The van der Waals surface area contributed by atoms with E-state index in [9.17, 15) is 9.59 Å². The van der Waals surface area contributed by atoms with Crippen LogP contribution in [0.25, 0.3) is 0 Å². The van der Waals surface area contributed by atoms with E-state index in [1.165, 1.54) is 0 Å². The number of aliphatic carboxylic acids is 1. The van der Waals surface area contributed by atoms with Gasteiger partial charge in [0.15, 0.2) is 0 Å². The van der Waals surface area contributed by atoms with Crippen molar-refractivity contribution in [2.45, 2.75) is 26.3 Å². The predicted molar refractivity (Wildman–Crippen MR) is 80.3 cm³/mol. The SMILES string of the molecule is CCN(C(=O)c1ccc(Br)cc1Br)C(C)CC(=O)O. The summed E-state index contributed by atoms with van der Waals surface area (Å²) < 4.78 is 1.56. The van der Waals surface area contributed by atoms with Crippen molar-refractivity contribution in [3.63, 3.8) is 0 Å². The van der Waals surface area contributed by atoms with Crippen molar-refractivity contribution in [1.82, 2.24) is 4.90 Å². The minimum atomic E-state index is -0.909. The molecule has 0 aromatic heterocycles. The zero-order valence-electron chi connectivity index (χ0n) is 10.7. The first-order valence-corrected chi connectivity index (χ1v) is 7.43. The Morgan fingerprint density at radius 2 is 2.00 bits per heavy atom. The number of carboxylic acids is 1. The fourth-order valence-electron chi connectivity index (χ4n) is 1.84. The first-order valence-electron chi connectivity index (χ1n) is 5.84. The van der Waals surface area contributed by atoms with Crippen molar-refractivity contribution in [2.75, 3.05) is 6.54 Å². The van der Waals surface area contributed by atoms with Crippen LogP contribution in [0.4, 0.5) is 0 Å². The minimum absolute atomic E-state index is 0.0618. The maximum Gasteiger partial charge on any atom is 0.305 e. The number of amides is 1. The van der Waals surface area contributed by atoms with E-state index in [0.717, 1.165) is 4.47 Å². The van der Waals surface area contributed by atoms with Crippen molar-refractivity contribution < 1.29 is 14.7 Å². The molecule has 0 aliphatic heterocycles. The van der Waals surface area contributed by atoms with E-state index in [1.54, 1.807) is 30.0 Å². The molecule has 0 radical (unpaired) electrons. The van der Waals surface area contributed by atoms with Gasteiger partial charge in [0.1, 0.15) is 0 Å². The Kier molecular flexibility index (Phi) is 6.00. The Morgan fingerprint density at radius 1 is 1.37 bits per heavy atom. The van der Waals surface area contributed by atoms with Gasteiger partial charge in [-0.15, -0.1) is 0 Å². The molecular formula is C13H15Br2NO3. The molecule has 1 atom stereocenters. The lowest BCUT2D eigenvalue weighted by Gasteiger charge is -2.27. The molecule has 6 heteroatoms. The van der Waals surface area contributed by atoms with Gasteiger partial charge in [-0.2, -0.15) is 0 Å². The van der Waals surface area contributed by atoms with Crippen LogP contribution in [0.15, 0.2) is 27.1 Å². The monoisotopic (exact) mass is 391 g/mol. The van der Waals surface area contributed by atoms with Crippen LogP contribution in [-0.2, 0) is 4.79 Å². The van der Waals surface area contributed by atoms with Gasteiger partial charge in [-0.05, 0) is 48.0 Å². The molecule has 0 spiro atoms. The average molecular weight is 393 g/mol. The number of hydrogen-bond donors (Lipinski definition) is 1. The summed E-state index contributed by atoms with van der Waals surface area (Å²) in [5.41, 5.74) is 0.530. The summed E-state index contributed by atoms with van der Waals surface area (Å²) in [5, 5.41) is 8.82. The van der Waals surface area contributed by atoms with Crippen LogP contribution in [-0.4, -0.2) is 34.5 Å². The largest absolute Gasteiger partial charge is 0.481 e. The highest BCUT2D eigenvalue weighted by molar-refractivity contribution is 9.11.